The molecule has 0 aliphatic heterocycles. The van der Waals surface area contributed by atoms with Crippen LogP contribution in [0.4, 0.5) is 22.7 Å². The highest BCUT2D eigenvalue weighted by Gasteiger charge is 2.18. The number of hydrogen-bond acceptors (Lipinski definition) is 3. The van der Waals surface area contributed by atoms with Crippen molar-refractivity contribution < 1.29 is 0 Å². The van der Waals surface area contributed by atoms with Crippen molar-refractivity contribution in [1.29, 1.82) is 0 Å². The Bertz CT molecular complexity index is 2550. The Morgan fingerprint density at radius 1 is 0.640 bits per heavy atom. The summed E-state index contributed by atoms with van der Waals surface area (Å²) < 4.78 is 1.38. The Morgan fingerprint density at radius 3 is 2.24 bits per heavy atom. The van der Waals surface area contributed by atoms with Crippen LogP contribution in [0, 0.1) is 6.92 Å². The molecule has 1 aromatic heterocycles. The molecule has 0 fully saturated rings. The van der Waals surface area contributed by atoms with Crippen molar-refractivity contribution in [3.05, 3.63) is 161 Å². The molecule has 1 heterocycles. The molecule has 0 radical (unpaired) electrons. The molecule has 0 unspecified atom stereocenters. The third kappa shape index (κ3) is 5.39. The van der Waals surface area contributed by atoms with E-state index in [1.807, 2.05) is 11.3 Å². The van der Waals surface area contributed by atoms with Crippen molar-refractivity contribution in [3.8, 4) is 11.1 Å². The smallest absolute Gasteiger partial charge is 0.0740 e. The van der Waals surface area contributed by atoms with Crippen LogP contribution in [0.2, 0.25) is 0 Å². The molecule has 0 saturated carbocycles. The normalized spacial score (nSPS) is 14.4. The zero-order valence-corrected chi connectivity index (χ0v) is 29.3. The number of hydrogen-bond donors (Lipinski definition) is 0. The number of benzene rings is 6. The molecule has 9 rings (SSSR count). The van der Waals surface area contributed by atoms with Crippen molar-refractivity contribution in [2.75, 3.05) is 4.90 Å². The Kier molecular flexibility index (Phi) is 7.78. The van der Waals surface area contributed by atoms with Crippen LogP contribution >= 0.6 is 11.3 Å². The minimum atomic E-state index is 1.06. The molecule has 242 valence electrons. The van der Waals surface area contributed by atoms with E-state index in [-0.39, 0.29) is 0 Å². The molecule has 2 aliphatic rings. The van der Waals surface area contributed by atoms with E-state index in [4.69, 9.17) is 4.99 Å². The highest BCUT2D eigenvalue weighted by molar-refractivity contribution is 7.19. The highest BCUT2D eigenvalue weighted by atomic mass is 32.1. The molecule has 0 N–H and O–H groups in total. The first kappa shape index (κ1) is 30.5. The Hall–Kier alpha value is -5.51. The molecule has 2 aliphatic carbocycles. The van der Waals surface area contributed by atoms with Gasteiger partial charge in [-0.1, -0.05) is 103 Å². The molecule has 0 atom stereocenters. The van der Waals surface area contributed by atoms with Crippen molar-refractivity contribution in [1.82, 2.24) is 0 Å². The van der Waals surface area contributed by atoms with Crippen molar-refractivity contribution >= 4 is 77.5 Å². The second-order valence-electron chi connectivity index (χ2n) is 13.4. The van der Waals surface area contributed by atoms with Gasteiger partial charge in [0, 0.05) is 42.8 Å². The number of para-hydroxylation sites is 1. The quantitative estimate of drug-likeness (QED) is 0.128. The summed E-state index contributed by atoms with van der Waals surface area (Å²) in [5, 5.41) is 6.22. The van der Waals surface area contributed by atoms with Crippen LogP contribution < -0.4 is 4.90 Å². The van der Waals surface area contributed by atoms with Gasteiger partial charge in [0.25, 0.3) is 0 Å². The first-order valence-corrected chi connectivity index (χ1v) is 18.5. The van der Waals surface area contributed by atoms with Crippen LogP contribution in [-0.4, -0.2) is 5.71 Å². The molecule has 0 saturated heterocycles. The van der Waals surface area contributed by atoms with Crippen LogP contribution in [0.15, 0.2) is 150 Å². The lowest BCUT2D eigenvalue weighted by atomic mass is 9.96. The fourth-order valence-electron chi connectivity index (χ4n) is 7.65. The van der Waals surface area contributed by atoms with E-state index in [1.54, 1.807) is 0 Å². The summed E-state index contributed by atoms with van der Waals surface area (Å²) in [6.45, 7) is 4.30. The monoisotopic (exact) mass is 662 g/mol. The predicted octanol–water partition coefficient (Wildman–Crippen LogP) is 14.0. The van der Waals surface area contributed by atoms with Crippen LogP contribution in [-0.2, 0) is 6.42 Å². The summed E-state index contributed by atoms with van der Waals surface area (Å²) in [7, 11) is 0. The van der Waals surface area contributed by atoms with E-state index in [2.05, 4.69) is 164 Å². The summed E-state index contributed by atoms with van der Waals surface area (Å²) >= 11 is 1.95. The lowest BCUT2D eigenvalue weighted by molar-refractivity contribution is 1.02. The van der Waals surface area contributed by atoms with E-state index < -0.39 is 0 Å². The maximum absolute atomic E-state index is 5.22. The standard InChI is InChI=1S/C47H38N2S/c1-31-20-26-39-38-17-11-18-44(40(38)27-28-42(39)47(31)48-32(2)33-12-5-3-6-13-33)49(36-14-7-4-8-15-36)37-24-21-34(22-25-37)35-23-29-46-43(30-35)41-16-9-10-19-45(41)50-46/h4-5,7-9,11-18,20-30H,3,6,10,19H2,1-2H3/b48-32+. The molecule has 6 aromatic carbocycles. The summed E-state index contributed by atoms with van der Waals surface area (Å²) in [5.74, 6) is 0. The fourth-order valence-corrected chi connectivity index (χ4v) is 8.83. The van der Waals surface area contributed by atoms with Gasteiger partial charge in [-0.2, -0.15) is 0 Å². The Labute approximate surface area is 298 Å². The Morgan fingerprint density at radius 2 is 1.40 bits per heavy atom. The van der Waals surface area contributed by atoms with Gasteiger partial charge in [-0.3, -0.25) is 4.99 Å². The first-order chi connectivity index (χ1) is 24.6. The van der Waals surface area contributed by atoms with Gasteiger partial charge in [0.05, 0.1) is 11.4 Å². The second kappa shape index (κ2) is 12.7. The topological polar surface area (TPSA) is 15.6 Å². The number of aryl methyl sites for hydroxylation is 2. The second-order valence-corrected chi connectivity index (χ2v) is 14.5. The van der Waals surface area contributed by atoms with E-state index >= 15 is 0 Å². The highest BCUT2D eigenvalue weighted by Crippen LogP contribution is 2.43. The Balaban J connectivity index is 1.14. The lowest BCUT2D eigenvalue weighted by Crippen LogP contribution is -2.10. The van der Waals surface area contributed by atoms with Gasteiger partial charge >= 0.3 is 0 Å². The maximum atomic E-state index is 5.22. The average Bonchev–Trinajstić information content (AvgIpc) is 3.55. The molecular formula is C47H38N2S. The minimum Gasteiger partial charge on any atom is -0.310 e. The van der Waals surface area contributed by atoms with Crippen molar-refractivity contribution in [2.45, 2.75) is 39.5 Å². The van der Waals surface area contributed by atoms with Gasteiger partial charge in [-0.25, -0.2) is 0 Å². The molecule has 50 heavy (non-hydrogen) atoms. The van der Waals surface area contributed by atoms with E-state index in [0.717, 1.165) is 54.1 Å². The number of rotatable bonds is 6. The van der Waals surface area contributed by atoms with Gasteiger partial charge in [0.15, 0.2) is 0 Å². The number of thiophene rings is 1. The van der Waals surface area contributed by atoms with Crippen LogP contribution in [0.5, 0.6) is 0 Å². The van der Waals surface area contributed by atoms with Gasteiger partial charge in [0.1, 0.15) is 0 Å². The number of anilines is 3. The van der Waals surface area contributed by atoms with Crippen LogP contribution in [0.3, 0.4) is 0 Å². The zero-order valence-electron chi connectivity index (χ0n) is 28.5. The van der Waals surface area contributed by atoms with Gasteiger partial charge in [-0.05, 0) is 121 Å². The molecular weight excluding hydrogens is 625 g/mol. The number of allylic oxidation sites excluding steroid dienone is 5. The molecule has 7 aromatic rings. The third-order valence-electron chi connectivity index (χ3n) is 10.2. The molecule has 0 amide bonds. The minimum absolute atomic E-state index is 1.06. The largest absolute Gasteiger partial charge is 0.310 e. The van der Waals surface area contributed by atoms with Crippen LogP contribution in [0.1, 0.15) is 42.2 Å². The zero-order chi connectivity index (χ0) is 33.6. The molecule has 0 spiro atoms. The number of nitrogens with zero attached hydrogens (tertiary/aromatic N) is 2. The summed E-state index contributed by atoms with van der Waals surface area (Å²) in [6, 6.07) is 42.5. The molecule has 0 bridgehead atoms. The van der Waals surface area contributed by atoms with E-state index in [1.165, 1.54) is 64.3 Å². The van der Waals surface area contributed by atoms with Crippen LogP contribution in [0.25, 0.3) is 48.8 Å². The molecule has 3 heteroatoms. The summed E-state index contributed by atoms with van der Waals surface area (Å²) in [5.41, 5.74) is 11.8. The van der Waals surface area contributed by atoms with Gasteiger partial charge < -0.3 is 4.90 Å². The lowest BCUT2D eigenvalue weighted by Gasteiger charge is -2.27. The van der Waals surface area contributed by atoms with Crippen molar-refractivity contribution in [2.24, 2.45) is 4.99 Å². The third-order valence-corrected chi connectivity index (χ3v) is 11.5. The average molecular weight is 663 g/mol. The number of fused-ring (bicyclic) bond motifs is 6. The van der Waals surface area contributed by atoms with Gasteiger partial charge in [0.2, 0.25) is 0 Å². The summed E-state index contributed by atoms with van der Waals surface area (Å²) in [4.78, 5) is 9.13. The SMILES string of the molecule is C/C(=N\c1c(C)ccc2c1ccc1c(N(c3ccccc3)c3ccc(-c4ccc5sc6c(c5c4)C=CCC6)cc3)cccc12)C1=CCCC=C1. The maximum Gasteiger partial charge on any atom is 0.0740 e. The number of aliphatic imine (C=N–C) groups is 1. The van der Waals surface area contributed by atoms with Gasteiger partial charge in [-0.15, -0.1) is 11.3 Å². The predicted molar refractivity (Wildman–Crippen MR) is 218 cm³/mol. The van der Waals surface area contributed by atoms with Crippen molar-refractivity contribution in [3.63, 3.8) is 0 Å². The van der Waals surface area contributed by atoms with E-state index in [9.17, 15) is 0 Å². The molecule has 2 nitrogen and oxygen atoms in total. The summed E-state index contributed by atoms with van der Waals surface area (Å²) in [6.07, 6.45) is 15.9. The van der Waals surface area contributed by atoms with E-state index in [0.29, 0.717) is 0 Å². The first-order valence-electron chi connectivity index (χ1n) is 17.7. The fraction of sp³-hybridized carbons (Fsp3) is 0.128.